The van der Waals surface area contributed by atoms with E-state index in [-0.39, 0.29) is 23.7 Å². The number of halogens is 1. The smallest absolute Gasteiger partial charge is 0.247 e. The van der Waals surface area contributed by atoms with E-state index >= 15 is 0 Å². The first-order chi connectivity index (χ1) is 12.7. The van der Waals surface area contributed by atoms with E-state index in [1.165, 1.54) is 30.3 Å². The first-order valence-electron chi connectivity index (χ1n) is 8.76. The van der Waals surface area contributed by atoms with E-state index in [1.54, 1.807) is 0 Å². The van der Waals surface area contributed by atoms with Crippen molar-refractivity contribution in [2.45, 2.75) is 51.0 Å². The zero-order valence-electron chi connectivity index (χ0n) is 15.3. The number of rotatable bonds is 7. The Morgan fingerprint density at radius 3 is 2.48 bits per heavy atom. The summed E-state index contributed by atoms with van der Waals surface area (Å²) in [5.74, 6) is -1.22. The van der Waals surface area contributed by atoms with Crippen molar-refractivity contribution in [2.75, 3.05) is 0 Å². The highest BCUT2D eigenvalue weighted by molar-refractivity contribution is 5.97. The van der Waals surface area contributed by atoms with Crippen molar-refractivity contribution >= 4 is 11.8 Å². The molecule has 0 bridgehead atoms. The van der Waals surface area contributed by atoms with E-state index in [0.717, 1.165) is 0 Å². The van der Waals surface area contributed by atoms with Crippen LogP contribution in [0.3, 0.4) is 0 Å². The van der Waals surface area contributed by atoms with Gasteiger partial charge in [0.05, 0.1) is 6.10 Å². The Morgan fingerprint density at radius 2 is 1.93 bits per heavy atom. The molecule has 0 saturated heterocycles. The molecule has 27 heavy (non-hydrogen) atoms. The van der Waals surface area contributed by atoms with Crippen molar-refractivity contribution in [2.24, 2.45) is 11.7 Å². The van der Waals surface area contributed by atoms with Crippen LogP contribution in [0.2, 0.25) is 0 Å². The summed E-state index contributed by atoms with van der Waals surface area (Å²) in [6.45, 7) is 3.79. The molecule has 148 valence electrons. The van der Waals surface area contributed by atoms with Crippen LogP contribution >= 0.6 is 0 Å². The van der Waals surface area contributed by atoms with Crippen molar-refractivity contribution in [3.63, 3.8) is 0 Å². The fourth-order valence-electron chi connectivity index (χ4n) is 2.84. The summed E-state index contributed by atoms with van der Waals surface area (Å²) in [6, 6.07) is 4.31. The highest BCUT2D eigenvalue weighted by Gasteiger charge is 2.35. The molecule has 4 atom stereocenters. The number of nitrogens with one attached hydrogen (secondary N) is 1. The topological polar surface area (TPSA) is 122 Å². The lowest BCUT2D eigenvalue weighted by atomic mass is 9.91. The zero-order valence-corrected chi connectivity index (χ0v) is 15.3. The van der Waals surface area contributed by atoms with Crippen molar-refractivity contribution in [1.29, 1.82) is 0 Å². The third-order valence-electron chi connectivity index (χ3n) is 4.26. The van der Waals surface area contributed by atoms with Gasteiger partial charge >= 0.3 is 0 Å². The van der Waals surface area contributed by atoms with Gasteiger partial charge in [-0.2, -0.15) is 0 Å². The van der Waals surface area contributed by atoms with E-state index in [0.29, 0.717) is 6.42 Å². The molecule has 8 heteroatoms. The molecular formula is C19H25FN2O5. The first-order valence-corrected chi connectivity index (χ1v) is 8.76. The van der Waals surface area contributed by atoms with Gasteiger partial charge < -0.3 is 26.0 Å². The van der Waals surface area contributed by atoms with Gasteiger partial charge in [-0.25, -0.2) is 4.39 Å². The molecule has 0 aromatic heterocycles. The van der Waals surface area contributed by atoms with Gasteiger partial charge in [-0.05, 0) is 42.7 Å². The van der Waals surface area contributed by atoms with Crippen LogP contribution in [-0.2, 0) is 9.59 Å². The van der Waals surface area contributed by atoms with Crippen LogP contribution in [0, 0.1) is 11.7 Å². The number of benzene rings is 1. The van der Waals surface area contributed by atoms with Crippen LogP contribution in [0.25, 0.3) is 0 Å². The molecule has 4 unspecified atom stereocenters. The summed E-state index contributed by atoms with van der Waals surface area (Å²) >= 11 is 0. The van der Waals surface area contributed by atoms with Crippen LogP contribution in [0.4, 0.5) is 4.39 Å². The Hall–Kier alpha value is -2.45. The highest BCUT2D eigenvalue weighted by Crippen LogP contribution is 2.24. The molecule has 0 heterocycles. The van der Waals surface area contributed by atoms with Crippen molar-refractivity contribution in [3.05, 3.63) is 41.7 Å². The molecule has 1 aromatic carbocycles. The number of carbonyl (C=O) groups excluding carboxylic acids is 2. The largest absolute Gasteiger partial charge is 0.484 e. The van der Waals surface area contributed by atoms with Gasteiger partial charge in [0.25, 0.3) is 0 Å². The van der Waals surface area contributed by atoms with Gasteiger partial charge in [-0.3, -0.25) is 9.59 Å². The Bertz CT molecular complexity index is 705. The Morgan fingerprint density at radius 1 is 1.30 bits per heavy atom. The lowest BCUT2D eigenvalue weighted by molar-refractivity contribution is -0.126. The predicted octanol–water partition coefficient (Wildman–Crippen LogP) is 0.641. The monoisotopic (exact) mass is 380 g/mol. The average molecular weight is 380 g/mol. The molecule has 1 aliphatic rings. The molecule has 0 spiro atoms. The Kier molecular flexibility index (Phi) is 6.92. The quantitative estimate of drug-likeness (QED) is 0.553. The number of aliphatic hydroxyl groups is 2. The van der Waals surface area contributed by atoms with Crippen molar-refractivity contribution in [3.8, 4) is 5.75 Å². The summed E-state index contributed by atoms with van der Waals surface area (Å²) in [6.07, 6.45) is -1.80. The van der Waals surface area contributed by atoms with E-state index in [4.69, 9.17) is 10.5 Å². The maximum Gasteiger partial charge on any atom is 0.247 e. The standard InChI is InChI=1S/C19H25FN2O5/c1-10(2)7-14(18(21)25)22-19(26)11-8-15(23)17(24)16(9-11)27-13-5-3-12(20)4-6-13/h3-6,9-10,14-17,23-24H,7-8H2,1-2H3,(H2,21,25)(H,22,26). The van der Waals surface area contributed by atoms with Gasteiger partial charge in [0.2, 0.25) is 11.8 Å². The molecule has 1 aromatic rings. The van der Waals surface area contributed by atoms with Crippen LogP contribution < -0.4 is 15.8 Å². The van der Waals surface area contributed by atoms with E-state index in [1.807, 2.05) is 13.8 Å². The molecule has 2 rings (SSSR count). The van der Waals surface area contributed by atoms with Gasteiger partial charge in [0.15, 0.2) is 0 Å². The summed E-state index contributed by atoms with van der Waals surface area (Å²) < 4.78 is 18.6. The summed E-state index contributed by atoms with van der Waals surface area (Å²) in [5.41, 5.74) is 5.51. The third-order valence-corrected chi connectivity index (χ3v) is 4.26. The minimum Gasteiger partial charge on any atom is -0.484 e. The number of nitrogens with two attached hydrogens (primary N) is 1. The maximum absolute atomic E-state index is 13.0. The molecule has 1 aliphatic carbocycles. The normalized spacial score (nSPS) is 23.5. The number of amides is 2. The minimum absolute atomic E-state index is 0.0938. The molecule has 5 N–H and O–H groups in total. The van der Waals surface area contributed by atoms with Crippen LogP contribution in [0.1, 0.15) is 26.7 Å². The van der Waals surface area contributed by atoms with Crippen molar-refractivity contribution in [1.82, 2.24) is 5.32 Å². The second-order valence-corrected chi connectivity index (χ2v) is 7.05. The first kappa shape index (κ1) is 20.9. The average Bonchev–Trinajstić information content (AvgIpc) is 2.59. The number of carbonyl (C=O) groups is 2. The number of ether oxygens (including phenoxy) is 1. The second kappa shape index (κ2) is 8.96. The molecule has 7 nitrogen and oxygen atoms in total. The van der Waals surface area contributed by atoms with Gasteiger partial charge in [-0.1, -0.05) is 13.8 Å². The maximum atomic E-state index is 13.0. The Balaban J connectivity index is 2.15. The molecular weight excluding hydrogens is 355 g/mol. The third kappa shape index (κ3) is 5.77. The predicted molar refractivity (Wildman–Crippen MR) is 96.1 cm³/mol. The van der Waals surface area contributed by atoms with E-state index < -0.39 is 42.0 Å². The second-order valence-electron chi connectivity index (χ2n) is 7.05. The van der Waals surface area contributed by atoms with Gasteiger partial charge in [0.1, 0.15) is 29.8 Å². The SMILES string of the molecule is CC(C)CC(NC(=O)C1=CC(Oc2ccc(F)cc2)C(O)C(O)C1)C(N)=O. The number of hydrogen-bond donors (Lipinski definition) is 4. The van der Waals surface area contributed by atoms with Crippen LogP contribution in [-0.4, -0.2) is 46.4 Å². The van der Waals surface area contributed by atoms with Crippen LogP contribution in [0.15, 0.2) is 35.9 Å². The fraction of sp³-hybridized carbons (Fsp3) is 0.474. The minimum atomic E-state index is -1.26. The zero-order chi connectivity index (χ0) is 20.1. The lowest BCUT2D eigenvalue weighted by Crippen LogP contribution is -2.49. The van der Waals surface area contributed by atoms with E-state index in [9.17, 15) is 24.2 Å². The Labute approximate surface area is 157 Å². The fourth-order valence-corrected chi connectivity index (χ4v) is 2.84. The van der Waals surface area contributed by atoms with E-state index in [2.05, 4.69) is 5.32 Å². The number of aliphatic hydroxyl groups excluding tert-OH is 2. The summed E-state index contributed by atoms with van der Waals surface area (Å²) in [4.78, 5) is 24.1. The molecule has 0 aliphatic heterocycles. The van der Waals surface area contributed by atoms with Gasteiger partial charge in [-0.15, -0.1) is 0 Å². The van der Waals surface area contributed by atoms with Crippen molar-refractivity contribution < 1.29 is 28.9 Å². The highest BCUT2D eigenvalue weighted by atomic mass is 19.1. The molecule has 0 saturated carbocycles. The van der Waals surface area contributed by atoms with Crippen LogP contribution in [0.5, 0.6) is 5.75 Å². The number of primary amides is 1. The van der Waals surface area contributed by atoms with Gasteiger partial charge in [0, 0.05) is 12.0 Å². The molecule has 0 radical (unpaired) electrons. The lowest BCUT2D eigenvalue weighted by Gasteiger charge is -2.31. The summed E-state index contributed by atoms with van der Waals surface area (Å²) in [5, 5.41) is 22.8. The molecule has 0 fully saturated rings. The molecule has 2 amide bonds. The summed E-state index contributed by atoms with van der Waals surface area (Å²) in [7, 11) is 0. The number of hydrogen-bond acceptors (Lipinski definition) is 5.